The van der Waals surface area contributed by atoms with Crippen molar-refractivity contribution in [2.24, 2.45) is 17.1 Å². The van der Waals surface area contributed by atoms with Crippen molar-refractivity contribution < 1.29 is 4.79 Å². The molecule has 0 saturated heterocycles. The van der Waals surface area contributed by atoms with Crippen molar-refractivity contribution in [2.45, 2.75) is 53.1 Å². The van der Waals surface area contributed by atoms with Crippen LogP contribution < -0.4 is 11.1 Å². The Kier molecular flexibility index (Phi) is 6.86. The predicted octanol–water partition coefficient (Wildman–Crippen LogP) is 1.45. The number of hydrogen-bond acceptors (Lipinski definition) is 3. The Morgan fingerprint density at radius 1 is 1.39 bits per heavy atom. The standard InChI is InChI=1S/C14H31N3O/c1-8-11(15)12(14(3,4)5)17(7)9-10(2)13(18)16-6/h10-12H,8-9,15H2,1-7H3,(H,16,18). The minimum absolute atomic E-state index is 0.0195. The van der Waals surface area contributed by atoms with Crippen molar-refractivity contribution in [1.82, 2.24) is 10.2 Å². The van der Waals surface area contributed by atoms with Gasteiger partial charge in [-0.25, -0.2) is 0 Å². The Hall–Kier alpha value is -0.610. The highest BCUT2D eigenvalue weighted by Crippen LogP contribution is 2.27. The van der Waals surface area contributed by atoms with Crippen LogP contribution in [0.1, 0.15) is 41.0 Å². The van der Waals surface area contributed by atoms with Crippen molar-refractivity contribution in [1.29, 1.82) is 0 Å². The van der Waals surface area contributed by atoms with E-state index in [-0.39, 0.29) is 29.3 Å². The Bertz CT molecular complexity index is 260. The van der Waals surface area contributed by atoms with E-state index in [2.05, 4.69) is 45.0 Å². The molecule has 1 amide bonds. The zero-order chi connectivity index (χ0) is 14.5. The number of nitrogens with one attached hydrogen (secondary N) is 1. The molecular formula is C14H31N3O. The van der Waals surface area contributed by atoms with Gasteiger partial charge in [-0.1, -0.05) is 34.6 Å². The highest BCUT2D eigenvalue weighted by molar-refractivity contribution is 5.78. The van der Waals surface area contributed by atoms with Crippen LogP contribution in [0, 0.1) is 11.3 Å². The Balaban J connectivity index is 4.77. The Morgan fingerprint density at radius 2 is 1.89 bits per heavy atom. The molecule has 4 nitrogen and oxygen atoms in total. The number of amides is 1. The third-order valence-corrected chi connectivity index (χ3v) is 3.49. The largest absolute Gasteiger partial charge is 0.359 e. The second-order valence-electron chi connectivity index (χ2n) is 6.34. The van der Waals surface area contributed by atoms with E-state index in [9.17, 15) is 4.79 Å². The van der Waals surface area contributed by atoms with Gasteiger partial charge in [0.15, 0.2) is 0 Å². The summed E-state index contributed by atoms with van der Waals surface area (Å²) in [4.78, 5) is 13.8. The number of carbonyl (C=O) groups excluding carboxylic acids is 1. The molecule has 0 bridgehead atoms. The van der Waals surface area contributed by atoms with Gasteiger partial charge in [0.2, 0.25) is 5.91 Å². The van der Waals surface area contributed by atoms with Gasteiger partial charge in [0, 0.05) is 31.6 Å². The van der Waals surface area contributed by atoms with Gasteiger partial charge in [-0.05, 0) is 18.9 Å². The van der Waals surface area contributed by atoms with Gasteiger partial charge in [0.1, 0.15) is 0 Å². The molecule has 0 aromatic carbocycles. The summed E-state index contributed by atoms with van der Waals surface area (Å²) in [6, 6.07) is 0.404. The molecule has 0 aliphatic heterocycles. The van der Waals surface area contributed by atoms with Crippen molar-refractivity contribution in [3.8, 4) is 0 Å². The van der Waals surface area contributed by atoms with Crippen molar-refractivity contribution in [2.75, 3.05) is 20.6 Å². The minimum atomic E-state index is -0.0195. The molecule has 3 N–H and O–H groups in total. The van der Waals surface area contributed by atoms with Gasteiger partial charge < -0.3 is 16.0 Å². The molecule has 0 heterocycles. The van der Waals surface area contributed by atoms with Crippen LogP contribution in [-0.2, 0) is 4.79 Å². The normalized spacial score (nSPS) is 17.4. The lowest BCUT2D eigenvalue weighted by atomic mass is 9.80. The summed E-state index contributed by atoms with van der Waals surface area (Å²) in [5, 5.41) is 2.69. The molecular weight excluding hydrogens is 226 g/mol. The van der Waals surface area contributed by atoms with Gasteiger partial charge in [-0.3, -0.25) is 4.79 Å². The number of rotatable bonds is 6. The lowest BCUT2D eigenvalue weighted by Gasteiger charge is -2.42. The Morgan fingerprint density at radius 3 is 2.22 bits per heavy atom. The molecule has 0 spiro atoms. The molecule has 0 saturated carbocycles. The highest BCUT2D eigenvalue weighted by atomic mass is 16.1. The number of nitrogens with two attached hydrogens (primary N) is 1. The molecule has 0 aliphatic rings. The number of hydrogen-bond donors (Lipinski definition) is 2. The van der Waals surface area contributed by atoms with E-state index >= 15 is 0 Å². The summed E-state index contributed by atoms with van der Waals surface area (Å²) in [6.07, 6.45) is 0.945. The Labute approximate surface area is 112 Å². The molecule has 3 atom stereocenters. The lowest BCUT2D eigenvalue weighted by molar-refractivity contribution is -0.124. The summed E-state index contributed by atoms with van der Waals surface area (Å²) in [6.45, 7) is 11.4. The summed E-state index contributed by atoms with van der Waals surface area (Å²) >= 11 is 0. The molecule has 0 fully saturated rings. The molecule has 0 rings (SSSR count). The maximum absolute atomic E-state index is 11.6. The zero-order valence-corrected chi connectivity index (χ0v) is 13.1. The predicted molar refractivity (Wildman–Crippen MR) is 77.4 cm³/mol. The maximum Gasteiger partial charge on any atom is 0.223 e. The third kappa shape index (κ3) is 4.94. The molecule has 0 radical (unpaired) electrons. The summed E-state index contributed by atoms with van der Waals surface area (Å²) in [5.41, 5.74) is 6.35. The van der Waals surface area contributed by atoms with Crippen LogP contribution in [0.5, 0.6) is 0 Å². The molecule has 108 valence electrons. The summed E-state index contributed by atoms with van der Waals surface area (Å²) in [7, 11) is 3.74. The third-order valence-electron chi connectivity index (χ3n) is 3.49. The number of likely N-dealkylation sites (N-methyl/N-ethyl adjacent to an activating group) is 1. The first-order valence-corrected chi connectivity index (χ1v) is 6.82. The summed E-state index contributed by atoms with van der Waals surface area (Å²) < 4.78 is 0. The number of carbonyl (C=O) groups is 1. The van der Waals surface area contributed by atoms with Gasteiger partial charge in [0.05, 0.1) is 0 Å². The van der Waals surface area contributed by atoms with Crippen LogP contribution in [0.4, 0.5) is 0 Å². The van der Waals surface area contributed by atoms with Crippen LogP contribution in [0.2, 0.25) is 0 Å². The van der Waals surface area contributed by atoms with Crippen molar-refractivity contribution in [3.05, 3.63) is 0 Å². The van der Waals surface area contributed by atoms with E-state index in [1.165, 1.54) is 0 Å². The monoisotopic (exact) mass is 257 g/mol. The van der Waals surface area contributed by atoms with Crippen LogP contribution in [-0.4, -0.2) is 43.5 Å². The zero-order valence-electron chi connectivity index (χ0n) is 13.1. The fourth-order valence-corrected chi connectivity index (χ4v) is 2.73. The second kappa shape index (κ2) is 7.10. The minimum Gasteiger partial charge on any atom is -0.359 e. The van der Waals surface area contributed by atoms with E-state index < -0.39 is 0 Å². The SMILES string of the molecule is CCC(N)C(N(C)CC(C)C(=O)NC)C(C)(C)C. The van der Waals surface area contributed by atoms with Crippen LogP contribution >= 0.6 is 0 Å². The van der Waals surface area contributed by atoms with Crippen LogP contribution in [0.3, 0.4) is 0 Å². The molecule has 18 heavy (non-hydrogen) atoms. The average Bonchev–Trinajstić information content (AvgIpc) is 2.25. The molecule has 0 aromatic rings. The maximum atomic E-state index is 11.6. The quantitative estimate of drug-likeness (QED) is 0.757. The fraction of sp³-hybridized carbons (Fsp3) is 0.929. The van der Waals surface area contributed by atoms with Crippen molar-refractivity contribution in [3.63, 3.8) is 0 Å². The first kappa shape index (κ1) is 17.4. The average molecular weight is 257 g/mol. The molecule has 3 unspecified atom stereocenters. The van der Waals surface area contributed by atoms with E-state index in [1.807, 2.05) is 6.92 Å². The van der Waals surface area contributed by atoms with Crippen LogP contribution in [0.25, 0.3) is 0 Å². The smallest absolute Gasteiger partial charge is 0.223 e. The lowest BCUT2D eigenvalue weighted by Crippen LogP contribution is -2.54. The van der Waals surface area contributed by atoms with Crippen molar-refractivity contribution >= 4 is 5.91 Å². The van der Waals surface area contributed by atoms with Crippen LogP contribution in [0.15, 0.2) is 0 Å². The number of nitrogens with zero attached hydrogens (tertiary/aromatic N) is 1. The first-order valence-electron chi connectivity index (χ1n) is 6.82. The second-order valence-corrected chi connectivity index (χ2v) is 6.34. The fourth-order valence-electron chi connectivity index (χ4n) is 2.73. The van der Waals surface area contributed by atoms with Gasteiger partial charge >= 0.3 is 0 Å². The highest BCUT2D eigenvalue weighted by Gasteiger charge is 2.33. The topological polar surface area (TPSA) is 58.4 Å². The molecule has 4 heteroatoms. The van der Waals surface area contributed by atoms with Gasteiger partial charge in [-0.15, -0.1) is 0 Å². The van der Waals surface area contributed by atoms with E-state index in [4.69, 9.17) is 5.73 Å². The first-order chi connectivity index (χ1) is 8.15. The van der Waals surface area contributed by atoms with Gasteiger partial charge in [-0.2, -0.15) is 0 Å². The van der Waals surface area contributed by atoms with E-state index in [0.29, 0.717) is 0 Å². The van der Waals surface area contributed by atoms with E-state index in [1.54, 1.807) is 7.05 Å². The summed E-state index contributed by atoms with van der Waals surface area (Å²) in [5.74, 6) is 0.0634. The van der Waals surface area contributed by atoms with E-state index in [0.717, 1.165) is 13.0 Å². The van der Waals surface area contributed by atoms with Gasteiger partial charge in [0.25, 0.3) is 0 Å². The molecule has 0 aliphatic carbocycles. The molecule has 0 aromatic heterocycles.